The summed E-state index contributed by atoms with van der Waals surface area (Å²) in [7, 11) is -7.94. The van der Waals surface area contributed by atoms with Gasteiger partial charge in [-0.1, -0.05) is 0 Å². The Balaban J connectivity index is -0.000000644. The van der Waals surface area contributed by atoms with Gasteiger partial charge in [0.05, 0.1) is 0 Å². The maximum atomic E-state index is 12.7. The van der Waals surface area contributed by atoms with Crippen LogP contribution in [-0.4, -0.2) is 32.9 Å². The maximum Gasteiger partial charge on any atom is -0.369 e. The van der Waals surface area contributed by atoms with Crippen molar-refractivity contribution >= 4 is 7.82 Å². The van der Waals surface area contributed by atoms with E-state index in [4.69, 9.17) is 0 Å². The van der Waals surface area contributed by atoms with Crippen molar-refractivity contribution in [2.45, 2.75) is 0 Å². The van der Waals surface area contributed by atoms with Gasteiger partial charge in [0.15, 0.2) is 0 Å². The number of quaternary nitrogens is 1. The van der Waals surface area contributed by atoms with E-state index >= 15 is 0 Å². The molecule has 47 nitrogen and oxygen atoms in total. The molecule has 60 heteroatoms. The standard InChI is InChI=1S/12Mo.H3N.H3O4P.6H2O.36O/c;;;;;;;;;;;;;1-5(2,3)4;;;;;;;;;;;;;;;;;;;;;;;;;;;;;;;;;;;;;;;;;;/h;;;;;;;;;;;;1H3;(H3,1,2,3,4);6*1H2;;;;;;;;;;;;;;;;;;;;;;;;;;;;;;;;;;;;/q;;;;;;;;;3*+1;;;;;;;;;;;;;;;;;;;;;;;;;;;;;;;;;;;;;;;;;;3*-1/p-2. The van der Waals surface area contributed by atoms with E-state index in [1.165, 1.54) is 0 Å². The van der Waals surface area contributed by atoms with Crippen LogP contribution in [0, 0.1) is 0 Å². The van der Waals surface area contributed by atoms with Crippen LogP contribution in [0.1, 0.15) is 0 Å². The SMILES string of the molecule is O.O.O.O.O.O.O=P([O][Mo](=[O])(=[O])[O][Mo](=[O])(=[O])[O][Mo](=[O])(=[O])[O][Mo](=[O])(=[O])[O-])([O][Mo](=[O])(=[O])[O][Mo](=[O])(=[O])[O][Mo](=[O])(=[O])[O][Mo](=[O])(=[O])[O-])[O][Mo](=[O])(=[O])[O][Mo](=[O])(=[O])[O][Mo](=[O])(=[O])[O][Mo](=[O])(=[O])[O-].[NH4+]. The number of hydrogen-bond acceptors (Lipinski definition) is 40. The number of rotatable bonds is 24. The molecular weight excluding hydrogens is 1930 g/mol. The fourth-order valence-electron chi connectivity index (χ4n) is 1.40. The Labute approximate surface area is 366 Å². The molecule has 16 N–H and O–H groups in total. The summed E-state index contributed by atoms with van der Waals surface area (Å²) < 4.78 is 351. The first kappa shape index (κ1) is 79.9. The van der Waals surface area contributed by atoms with Crippen molar-refractivity contribution < 1.29 is 359 Å². The Morgan fingerprint density at radius 2 is 0.367 bits per heavy atom. The predicted molar refractivity (Wildman–Crippen MR) is 64.8 cm³/mol. The molecule has 0 bridgehead atoms. The summed E-state index contributed by atoms with van der Waals surface area (Å²) in [5, 5.41) is 0. The Morgan fingerprint density at radius 3 is 0.500 bits per heavy atom. The van der Waals surface area contributed by atoms with Crippen molar-refractivity contribution in [1.29, 1.82) is 0 Å². The Bertz CT molecular complexity index is 2510. The zero-order chi connectivity index (χ0) is 43.0. The van der Waals surface area contributed by atoms with E-state index in [1.54, 1.807) is 0 Å². The molecule has 0 aromatic heterocycles. The fraction of sp³-hybridized carbons (Fsp3) is 0. The molecule has 0 atom stereocenters. The van der Waals surface area contributed by atoms with Crippen molar-refractivity contribution in [2.75, 3.05) is 0 Å². The van der Waals surface area contributed by atoms with E-state index in [9.17, 15) is 97.4 Å². The Kier molecular flexibility index (Phi) is 35.3. The van der Waals surface area contributed by atoms with E-state index < -0.39 is 209 Å². The van der Waals surface area contributed by atoms with Gasteiger partial charge >= 0.3 is 334 Å². The Hall–Kier alpha value is 2.81. The predicted octanol–water partition coefficient (Wildman–Crippen LogP) is -11.1. The van der Waals surface area contributed by atoms with Crippen LogP contribution in [0.15, 0.2) is 0 Å². The van der Waals surface area contributed by atoms with Crippen molar-refractivity contribution in [3.63, 3.8) is 0 Å². The molecule has 0 aromatic rings. The zero-order valence-electron chi connectivity index (χ0n) is 25.7. The summed E-state index contributed by atoms with van der Waals surface area (Å²) in [5.74, 6) is 0. The minimum Gasteiger partial charge on any atom is -0.369 e. The van der Waals surface area contributed by atoms with Gasteiger partial charge in [0.25, 0.3) is 0 Å². The molecule has 0 saturated heterocycles. The molecule has 376 valence electrons. The quantitative estimate of drug-likeness (QED) is 0.0692. The second-order valence-electron chi connectivity index (χ2n) is 6.18. The summed E-state index contributed by atoms with van der Waals surface area (Å²) in [6.45, 7) is 0. The number of hydrogen-bond donors (Lipinski definition) is 1. The second kappa shape index (κ2) is 26.5. The third kappa shape index (κ3) is 38.9. The maximum absolute atomic E-state index is 12.7. The molecule has 0 fully saturated rings. The molecule has 0 aliphatic carbocycles. The van der Waals surface area contributed by atoms with Crippen LogP contribution in [0.4, 0.5) is 0 Å². The average molecular weight is 1950 g/mol. The molecule has 60 heavy (non-hydrogen) atoms. The van der Waals surface area contributed by atoms with Crippen LogP contribution in [0.2, 0.25) is 0 Å². The van der Waals surface area contributed by atoms with Crippen molar-refractivity contribution in [3.05, 3.63) is 0 Å². The molecule has 0 saturated carbocycles. The second-order valence-corrected chi connectivity index (χ2v) is 55.7. The smallest absolute Gasteiger partial charge is 0.369 e. The van der Waals surface area contributed by atoms with Crippen LogP contribution in [0.25, 0.3) is 0 Å². The van der Waals surface area contributed by atoms with Gasteiger partial charge in [-0.3, -0.25) is 0 Å². The molecule has 0 rings (SSSR count). The molecule has 0 heterocycles. The monoisotopic (exact) mass is 1970 g/mol. The van der Waals surface area contributed by atoms with Gasteiger partial charge in [0.1, 0.15) is 0 Å². The van der Waals surface area contributed by atoms with E-state index in [1.807, 2.05) is 0 Å². The normalized spacial score (nSPS) is 13.8. The van der Waals surface area contributed by atoms with Gasteiger partial charge in [-0.05, 0) is 0 Å². The van der Waals surface area contributed by atoms with E-state index in [0.29, 0.717) is 0 Å². The van der Waals surface area contributed by atoms with E-state index in [2.05, 4.69) is 27.9 Å². The molecule has 0 aliphatic heterocycles. The third-order valence-electron chi connectivity index (χ3n) is 2.05. The van der Waals surface area contributed by atoms with E-state index in [0.717, 1.165) is 0 Å². The zero-order valence-corrected chi connectivity index (χ0v) is 50.7. The van der Waals surface area contributed by atoms with Gasteiger partial charge in [0.2, 0.25) is 0 Å². The van der Waals surface area contributed by atoms with Crippen LogP contribution < -0.4 is 17.4 Å². The minimum atomic E-state index is -8.82. The first-order valence-electron chi connectivity index (χ1n) is 8.73. The molecular formula is H16Mo12NO46P-2. The molecule has 0 spiro atoms. The third-order valence-corrected chi connectivity index (χ3v) is 62.2. The van der Waals surface area contributed by atoms with Gasteiger partial charge in [-0.15, -0.1) is 0 Å². The van der Waals surface area contributed by atoms with Gasteiger partial charge in [-0.2, -0.15) is 0 Å². The summed E-state index contributed by atoms with van der Waals surface area (Å²) >= 11 is -98.5. The van der Waals surface area contributed by atoms with Gasteiger partial charge < -0.3 is 39.0 Å². The summed E-state index contributed by atoms with van der Waals surface area (Å²) in [5.41, 5.74) is 0. The number of phosphoric acid groups is 1. The fourth-order valence-corrected chi connectivity index (χ4v) is 60.0. The van der Waals surface area contributed by atoms with Crippen LogP contribution in [0.5, 0.6) is 0 Å². The Morgan fingerprint density at radius 1 is 0.250 bits per heavy atom. The first-order valence-corrected chi connectivity index (χ1v) is 49.5. The van der Waals surface area contributed by atoms with Crippen molar-refractivity contribution in [2.24, 2.45) is 0 Å². The topological polar surface area (TPSA) is 832 Å². The van der Waals surface area contributed by atoms with Gasteiger partial charge in [0, 0.05) is 0 Å². The van der Waals surface area contributed by atoms with Crippen molar-refractivity contribution in [3.8, 4) is 0 Å². The molecule has 0 amide bonds. The minimum absolute atomic E-state index is 0. The summed E-state index contributed by atoms with van der Waals surface area (Å²) in [6, 6.07) is 0. The molecule has 0 aliphatic rings. The van der Waals surface area contributed by atoms with Crippen LogP contribution >= 0.6 is 7.82 Å². The molecule has 0 radical (unpaired) electrons. The molecule has 0 aromatic carbocycles. The van der Waals surface area contributed by atoms with Gasteiger partial charge in [-0.25, -0.2) is 0 Å². The molecule has 0 unspecified atom stereocenters. The average Bonchev–Trinajstić information content (AvgIpc) is 2.58. The van der Waals surface area contributed by atoms with Crippen LogP contribution in [-0.2, 0) is 315 Å². The van der Waals surface area contributed by atoms with E-state index in [-0.39, 0.29) is 39.0 Å². The summed E-state index contributed by atoms with van der Waals surface area (Å²) in [6.07, 6.45) is 0. The van der Waals surface area contributed by atoms with Crippen molar-refractivity contribution in [1.82, 2.24) is 6.15 Å². The summed E-state index contributed by atoms with van der Waals surface area (Å²) in [4.78, 5) is 0. The largest absolute Gasteiger partial charge is 0.369 e. The first-order chi connectivity index (χ1) is 22.5. The van der Waals surface area contributed by atoms with Crippen LogP contribution in [0.3, 0.4) is 0 Å².